The summed E-state index contributed by atoms with van der Waals surface area (Å²) in [7, 11) is 1.54. The van der Waals surface area contributed by atoms with Gasteiger partial charge in [0.2, 0.25) is 0 Å². The Balaban J connectivity index is 1.84. The van der Waals surface area contributed by atoms with E-state index in [0.717, 1.165) is 0 Å². The molecule has 1 aromatic carbocycles. The van der Waals surface area contributed by atoms with E-state index >= 15 is 0 Å². The average Bonchev–Trinajstić information content (AvgIpc) is 3.10. The zero-order valence-corrected chi connectivity index (χ0v) is 14.9. The van der Waals surface area contributed by atoms with Crippen molar-refractivity contribution in [2.75, 3.05) is 38.7 Å². The minimum atomic E-state index is -0.324. The molecule has 0 aliphatic carbocycles. The Morgan fingerprint density at radius 2 is 2.08 bits per heavy atom. The van der Waals surface area contributed by atoms with Crippen LogP contribution in [0.15, 0.2) is 30.5 Å². The first-order valence-corrected chi connectivity index (χ1v) is 8.52. The van der Waals surface area contributed by atoms with Crippen molar-refractivity contribution in [2.24, 2.45) is 0 Å². The molecule has 2 amide bonds. The summed E-state index contributed by atoms with van der Waals surface area (Å²) in [5, 5.41) is 7.03. The van der Waals surface area contributed by atoms with E-state index < -0.39 is 0 Å². The summed E-state index contributed by atoms with van der Waals surface area (Å²) in [6.07, 6.45) is 1.51. The number of hydrogen-bond donors (Lipinski definition) is 1. The topological polar surface area (TPSA) is 85.7 Å². The fourth-order valence-electron chi connectivity index (χ4n) is 2.82. The molecule has 1 N–H and O–H groups in total. The Morgan fingerprint density at radius 3 is 2.77 bits per heavy atom. The molecule has 0 bridgehead atoms. The van der Waals surface area contributed by atoms with Crippen LogP contribution in [0.2, 0.25) is 0 Å². The molecule has 8 heteroatoms. The predicted molar refractivity (Wildman–Crippen MR) is 95.6 cm³/mol. The largest absolute Gasteiger partial charge is 0.497 e. The number of rotatable bonds is 5. The maximum Gasteiger partial charge on any atom is 0.274 e. The van der Waals surface area contributed by atoms with Crippen LogP contribution in [0.1, 0.15) is 27.8 Å². The molecule has 8 nitrogen and oxygen atoms in total. The van der Waals surface area contributed by atoms with Gasteiger partial charge in [0.1, 0.15) is 11.4 Å². The highest BCUT2D eigenvalue weighted by molar-refractivity contribution is 6.08. The molecule has 0 spiro atoms. The van der Waals surface area contributed by atoms with Crippen LogP contribution >= 0.6 is 0 Å². The molecule has 138 valence electrons. The fourth-order valence-corrected chi connectivity index (χ4v) is 2.82. The van der Waals surface area contributed by atoms with E-state index in [1.807, 2.05) is 6.92 Å². The molecule has 1 aliphatic heterocycles. The molecule has 0 saturated carbocycles. The number of morpholine rings is 1. The molecule has 1 aromatic heterocycles. The molecule has 1 saturated heterocycles. The van der Waals surface area contributed by atoms with E-state index in [1.165, 1.54) is 6.20 Å². The molecular weight excluding hydrogens is 336 g/mol. The minimum Gasteiger partial charge on any atom is -0.497 e. The molecule has 2 heterocycles. The molecular formula is C18H22N4O4. The van der Waals surface area contributed by atoms with Gasteiger partial charge in [-0.25, -0.2) is 0 Å². The summed E-state index contributed by atoms with van der Waals surface area (Å²) >= 11 is 0. The monoisotopic (exact) mass is 358 g/mol. The number of aryl methyl sites for hydroxylation is 1. The minimum absolute atomic E-state index is 0.159. The van der Waals surface area contributed by atoms with Gasteiger partial charge in [-0.1, -0.05) is 6.07 Å². The van der Waals surface area contributed by atoms with Gasteiger partial charge in [0, 0.05) is 25.2 Å². The lowest BCUT2D eigenvalue weighted by Gasteiger charge is -2.27. The molecule has 0 radical (unpaired) electrons. The predicted octanol–water partition coefficient (Wildman–Crippen LogP) is 1.64. The van der Waals surface area contributed by atoms with Crippen molar-refractivity contribution < 1.29 is 19.1 Å². The molecule has 1 aliphatic rings. The van der Waals surface area contributed by atoms with Crippen LogP contribution < -0.4 is 10.1 Å². The smallest absolute Gasteiger partial charge is 0.274 e. The maximum atomic E-state index is 12.9. The van der Waals surface area contributed by atoms with Gasteiger partial charge in [0.25, 0.3) is 11.8 Å². The van der Waals surface area contributed by atoms with Crippen LogP contribution in [-0.2, 0) is 11.3 Å². The molecule has 0 unspecified atom stereocenters. The summed E-state index contributed by atoms with van der Waals surface area (Å²) in [6.45, 7) is 4.50. The number of ether oxygens (including phenoxy) is 2. The Morgan fingerprint density at radius 1 is 1.31 bits per heavy atom. The maximum absolute atomic E-state index is 12.9. The number of anilines is 1. The van der Waals surface area contributed by atoms with E-state index in [1.54, 1.807) is 41.0 Å². The van der Waals surface area contributed by atoms with Crippen LogP contribution in [0.4, 0.5) is 5.69 Å². The van der Waals surface area contributed by atoms with Gasteiger partial charge in [0.15, 0.2) is 0 Å². The molecule has 2 aromatic rings. The highest BCUT2D eigenvalue weighted by Crippen LogP contribution is 2.20. The van der Waals surface area contributed by atoms with Gasteiger partial charge >= 0.3 is 0 Å². The number of nitrogens with zero attached hydrogens (tertiary/aromatic N) is 3. The lowest BCUT2D eigenvalue weighted by molar-refractivity contribution is 0.0295. The summed E-state index contributed by atoms with van der Waals surface area (Å²) in [6, 6.07) is 6.83. The van der Waals surface area contributed by atoms with E-state index in [2.05, 4.69) is 10.4 Å². The van der Waals surface area contributed by atoms with E-state index in [0.29, 0.717) is 55.5 Å². The zero-order chi connectivity index (χ0) is 18.5. The van der Waals surface area contributed by atoms with Crippen molar-refractivity contribution in [1.29, 1.82) is 0 Å². The zero-order valence-electron chi connectivity index (χ0n) is 14.9. The van der Waals surface area contributed by atoms with Crippen molar-refractivity contribution >= 4 is 17.5 Å². The lowest BCUT2D eigenvalue weighted by atomic mass is 10.2. The highest BCUT2D eigenvalue weighted by atomic mass is 16.5. The van der Waals surface area contributed by atoms with Crippen LogP contribution in [0.3, 0.4) is 0 Å². The van der Waals surface area contributed by atoms with Gasteiger partial charge in [-0.3, -0.25) is 14.3 Å². The number of hydrogen-bond acceptors (Lipinski definition) is 5. The number of nitrogens with one attached hydrogen (secondary N) is 1. The Kier molecular flexibility index (Phi) is 5.52. The fraction of sp³-hybridized carbons (Fsp3) is 0.389. The van der Waals surface area contributed by atoms with Gasteiger partial charge in [-0.05, 0) is 25.1 Å². The Bertz CT molecular complexity index is 796. The van der Waals surface area contributed by atoms with Crippen LogP contribution in [0, 0.1) is 0 Å². The second-order valence-electron chi connectivity index (χ2n) is 5.81. The van der Waals surface area contributed by atoms with Crippen LogP contribution in [0.5, 0.6) is 5.75 Å². The second-order valence-corrected chi connectivity index (χ2v) is 5.81. The number of amides is 2. The summed E-state index contributed by atoms with van der Waals surface area (Å²) in [5.41, 5.74) is 1.22. The lowest BCUT2D eigenvalue weighted by Crippen LogP contribution is -2.41. The first-order chi connectivity index (χ1) is 12.6. The quantitative estimate of drug-likeness (QED) is 0.878. The van der Waals surface area contributed by atoms with E-state index in [4.69, 9.17) is 9.47 Å². The molecule has 26 heavy (non-hydrogen) atoms. The van der Waals surface area contributed by atoms with Crippen molar-refractivity contribution in [3.63, 3.8) is 0 Å². The third-order valence-electron chi connectivity index (χ3n) is 4.22. The number of carbonyl (C=O) groups excluding carboxylic acids is 2. The molecule has 1 fully saturated rings. The van der Waals surface area contributed by atoms with Crippen LogP contribution in [0.25, 0.3) is 0 Å². The third-order valence-corrected chi connectivity index (χ3v) is 4.22. The number of carbonyl (C=O) groups is 2. The Labute approximate surface area is 151 Å². The van der Waals surface area contributed by atoms with Crippen molar-refractivity contribution in [3.8, 4) is 5.75 Å². The van der Waals surface area contributed by atoms with Gasteiger partial charge in [-0.15, -0.1) is 0 Å². The summed E-state index contributed by atoms with van der Waals surface area (Å²) in [5.74, 6) is 0.107. The second kappa shape index (κ2) is 8.01. The van der Waals surface area contributed by atoms with Gasteiger partial charge in [0.05, 0.1) is 32.2 Å². The third kappa shape index (κ3) is 3.70. The highest BCUT2D eigenvalue weighted by Gasteiger charge is 2.26. The summed E-state index contributed by atoms with van der Waals surface area (Å²) in [4.78, 5) is 27.2. The molecule has 0 atom stereocenters. The standard InChI is InChI=1S/C18H22N4O4/c1-3-22-16(18(24)21-7-9-26-10-8-21)15(12-19-22)20-17(23)13-5-4-6-14(11-13)25-2/h4-6,11-12H,3,7-10H2,1-2H3,(H,20,23). The number of aromatic nitrogens is 2. The molecule has 3 rings (SSSR count). The normalized spacial score (nSPS) is 14.2. The van der Waals surface area contributed by atoms with Crippen LogP contribution in [-0.4, -0.2) is 59.9 Å². The SMILES string of the molecule is CCn1ncc(NC(=O)c2cccc(OC)c2)c1C(=O)N1CCOCC1. The number of methoxy groups -OCH3 is 1. The summed E-state index contributed by atoms with van der Waals surface area (Å²) < 4.78 is 12.0. The van der Waals surface area contributed by atoms with Gasteiger partial charge in [-0.2, -0.15) is 5.10 Å². The average molecular weight is 358 g/mol. The van der Waals surface area contributed by atoms with Crippen molar-refractivity contribution in [3.05, 3.63) is 41.7 Å². The Hall–Kier alpha value is -2.87. The van der Waals surface area contributed by atoms with Gasteiger partial charge < -0.3 is 19.7 Å². The first kappa shape index (κ1) is 17.9. The van der Waals surface area contributed by atoms with Crippen molar-refractivity contribution in [2.45, 2.75) is 13.5 Å². The van der Waals surface area contributed by atoms with Crippen molar-refractivity contribution in [1.82, 2.24) is 14.7 Å². The van der Waals surface area contributed by atoms with E-state index in [-0.39, 0.29) is 11.8 Å². The number of benzene rings is 1. The first-order valence-electron chi connectivity index (χ1n) is 8.52. The van der Waals surface area contributed by atoms with E-state index in [9.17, 15) is 9.59 Å².